The molecule has 1 amide bonds. The number of nitrogens with zero attached hydrogens (tertiary/aromatic N) is 1. The minimum absolute atomic E-state index is 0.137. The van der Waals surface area contributed by atoms with Crippen molar-refractivity contribution in [2.75, 3.05) is 13.2 Å². The van der Waals surface area contributed by atoms with E-state index >= 15 is 0 Å². The Labute approximate surface area is 140 Å². The molecule has 0 saturated carbocycles. The van der Waals surface area contributed by atoms with E-state index in [1.807, 2.05) is 32.0 Å². The van der Waals surface area contributed by atoms with Crippen LogP contribution in [0.1, 0.15) is 36.4 Å². The number of amides is 1. The second-order valence-corrected chi connectivity index (χ2v) is 6.49. The molecule has 0 radical (unpaired) electrons. The number of carbonyl (C=O) groups is 1. The molecule has 0 saturated heterocycles. The van der Waals surface area contributed by atoms with Crippen LogP contribution in [0.2, 0.25) is 0 Å². The highest BCUT2D eigenvalue weighted by Crippen LogP contribution is 2.30. The first-order valence-corrected chi connectivity index (χ1v) is 8.22. The zero-order valence-corrected chi connectivity index (χ0v) is 13.9. The van der Waals surface area contributed by atoms with E-state index < -0.39 is 6.10 Å². The second-order valence-electron chi connectivity index (χ2n) is 6.49. The van der Waals surface area contributed by atoms with Crippen LogP contribution in [0, 0.1) is 5.92 Å². The third kappa shape index (κ3) is 3.76. The molecule has 24 heavy (non-hydrogen) atoms. The molecule has 1 aromatic carbocycles. The van der Waals surface area contributed by atoms with Crippen LogP contribution >= 0.6 is 0 Å². The van der Waals surface area contributed by atoms with E-state index in [9.17, 15) is 9.90 Å². The third-order valence-corrected chi connectivity index (χ3v) is 3.96. The standard InChI is InChI=1S/C18H22N2O4/c1-11(2)7-14(21)10-19-18(22)17-9-15(20-24-17)12-3-4-16-13(8-12)5-6-23-16/h3-4,8-9,11,14,21H,5-7,10H2,1-2H3,(H,19,22). The molecular weight excluding hydrogens is 308 g/mol. The summed E-state index contributed by atoms with van der Waals surface area (Å²) in [4.78, 5) is 12.1. The molecule has 0 spiro atoms. The van der Waals surface area contributed by atoms with E-state index in [1.54, 1.807) is 6.07 Å². The first kappa shape index (κ1) is 16.5. The van der Waals surface area contributed by atoms with Crippen molar-refractivity contribution in [3.05, 3.63) is 35.6 Å². The van der Waals surface area contributed by atoms with Gasteiger partial charge in [0.05, 0.1) is 12.7 Å². The zero-order chi connectivity index (χ0) is 17.1. The van der Waals surface area contributed by atoms with Crippen LogP contribution in [0.5, 0.6) is 5.75 Å². The molecule has 2 N–H and O–H groups in total. The number of aliphatic hydroxyl groups is 1. The molecule has 128 valence electrons. The molecule has 1 aliphatic heterocycles. The smallest absolute Gasteiger partial charge is 0.290 e. The van der Waals surface area contributed by atoms with Crippen molar-refractivity contribution in [3.8, 4) is 17.0 Å². The fourth-order valence-corrected chi connectivity index (χ4v) is 2.79. The Hall–Kier alpha value is -2.34. The average Bonchev–Trinajstić information content (AvgIpc) is 3.20. The van der Waals surface area contributed by atoms with Gasteiger partial charge in [-0.05, 0) is 36.1 Å². The van der Waals surface area contributed by atoms with Gasteiger partial charge in [0.15, 0.2) is 0 Å². The molecule has 2 heterocycles. The van der Waals surface area contributed by atoms with E-state index in [0.29, 0.717) is 24.6 Å². The molecule has 6 heteroatoms. The van der Waals surface area contributed by atoms with Crippen LogP contribution < -0.4 is 10.1 Å². The maximum Gasteiger partial charge on any atom is 0.290 e. The highest BCUT2D eigenvalue weighted by molar-refractivity contribution is 5.92. The fraction of sp³-hybridized carbons (Fsp3) is 0.444. The molecule has 2 aromatic rings. The van der Waals surface area contributed by atoms with Crippen molar-refractivity contribution in [2.24, 2.45) is 5.92 Å². The maximum atomic E-state index is 12.1. The molecule has 1 aliphatic rings. The summed E-state index contributed by atoms with van der Waals surface area (Å²) in [5.41, 5.74) is 2.64. The van der Waals surface area contributed by atoms with Crippen LogP contribution in [-0.2, 0) is 6.42 Å². The summed E-state index contributed by atoms with van der Waals surface area (Å²) >= 11 is 0. The molecule has 0 bridgehead atoms. The molecule has 1 aromatic heterocycles. The first-order valence-electron chi connectivity index (χ1n) is 8.22. The van der Waals surface area contributed by atoms with Gasteiger partial charge < -0.3 is 19.7 Å². The fourth-order valence-electron chi connectivity index (χ4n) is 2.79. The van der Waals surface area contributed by atoms with Crippen LogP contribution in [0.25, 0.3) is 11.3 Å². The van der Waals surface area contributed by atoms with Crippen molar-refractivity contribution in [1.82, 2.24) is 10.5 Å². The van der Waals surface area contributed by atoms with E-state index in [1.165, 1.54) is 0 Å². The van der Waals surface area contributed by atoms with Gasteiger partial charge >= 0.3 is 0 Å². The molecule has 1 unspecified atom stereocenters. The van der Waals surface area contributed by atoms with Gasteiger partial charge in [0.25, 0.3) is 5.91 Å². The van der Waals surface area contributed by atoms with Crippen molar-refractivity contribution < 1.29 is 19.2 Å². The van der Waals surface area contributed by atoms with Crippen LogP contribution in [-0.4, -0.2) is 35.4 Å². The minimum atomic E-state index is -0.562. The van der Waals surface area contributed by atoms with Gasteiger partial charge in [-0.15, -0.1) is 0 Å². The van der Waals surface area contributed by atoms with E-state index in [2.05, 4.69) is 10.5 Å². The Balaban J connectivity index is 1.64. The molecule has 0 fully saturated rings. The summed E-state index contributed by atoms with van der Waals surface area (Å²) < 4.78 is 10.6. The number of nitrogens with one attached hydrogen (secondary N) is 1. The predicted molar refractivity (Wildman–Crippen MR) is 88.9 cm³/mol. The lowest BCUT2D eigenvalue weighted by atomic mass is 10.1. The van der Waals surface area contributed by atoms with E-state index in [0.717, 1.165) is 23.3 Å². The SMILES string of the molecule is CC(C)CC(O)CNC(=O)c1cc(-c2ccc3c(c2)CCO3)no1. The number of benzene rings is 1. The summed E-state index contributed by atoms with van der Waals surface area (Å²) in [7, 11) is 0. The van der Waals surface area contributed by atoms with Crippen molar-refractivity contribution in [1.29, 1.82) is 0 Å². The monoisotopic (exact) mass is 330 g/mol. The lowest BCUT2D eigenvalue weighted by molar-refractivity contribution is 0.0865. The van der Waals surface area contributed by atoms with Gasteiger partial charge in [-0.3, -0.25) is 4.79 Å². The van der Waals surface area contributed by atoms with Crippen molar-refractivity contribution in [2.45, 2.75) is 32.8 Å². The van der Waals surface area contributed by atoms with Gasteiger partial charge in [-0.25, -0.2) is 0 Å². The number of aliphatic hydroxyl groups excluding tert-OH is 1. The highest BCUT2D eigenvalue weighted by Gasteiger charge is 2.18. The minimum Gasteiger partial charge on any atom is -0.493 e. The summed E-state index contributed by atoms with van der Waals surface area (Å²) in [6.07, 6.45) is 0.953. The lowest BCUT2D eigenvalue weighted by Crippen LogP contribution is -2.32. The maximum absolute atomic E-state index is 12.1. The van der Waals surface area contributed by atoms with Crippen LogP contribution in [0.15, 0.2) is 28.8 Å². The Bertz CT molecular complexity index is 724. The lowest BCUT2D eigenvalue weighted by Gasteiger charge is -2.12. The topological polar surface area (TPSA) is 84.6 Å². The van der Waals surface area contributed by atoms with Gasteiger partial charge in [0.2, 0.25) is 5.76 Å². The first-order chi connectivity index (χ1) is 11.5. The average molecular weight is 330 g/mol. The van der Waals surface area contributed by atoms with Crippen LogP contribution in [0.3, 0.4) is 0 Å². The Morgan fingerprint density at radius 3 is 3.00 bits per heavy atom. The highest BCUT2D eigenvalue weighted by atomic mass is 16.5. The van der Waals surface area contributed by atoms with Gasteiger partial charge in [-0.2, -0.15) is 0 Å². The number of fused-ring (bicyclic) bond motifs is 1. The molecule has 1 atom stereocenters. The Morgan fingerprint density at radius 1 is 1.38 bits per heavy atom. The number of hydrogen-bond acceptors (Lipinski definition) is 5. The number of aromatic nitrogens is 1. The number of hydrogen-bond donors (Lipinski definition) is 2. The summed E-state index contributed by atoms with van der Waals surface area (Å²) in [5, 5.41) is 16.5. The zero-order valence-electron chi connectivity index (χ0n) is 13.9. The normalized spacial score (nSPS) is 14.3. The quantitative estimate of drug-likeness (QED) is 0.850. The predicted octanol–water partition coefficient (Wildman–Crippen LogP) is 2.41. The van der Waals surface area contributed by atoms with Gasteiger partial charge in [0, 0.05) is 24.6 Å². The van der Waals surface area contributed by atoms with Crippen molar-refractivity contribution >= 4 is 5.91 Å². The molecular formula is C18H22N2O4. The summed E-state index contributed by atoms with van der Waals surface area (Å²) in [5.74, 6) is 1.04. The molecule has 6 nitrogen and oxygen atoms in total. The van der Waals surface area contributed by atoms with Crippen molar-refractivity contribution in [3.63, 3.8) is 0 Å². The number of rotatable bonds is 6. The number of carbonyl (C=O) groups excluding carboxylic acids is 1. The summed E-state index contributed by atoms with van der Waals surface area (Å²) in [6, 6.07) is 7.43. The molecule has 0 aliphatic carbocycles. The van der Waals surface area contributed by atoms with Crippen LogP contribution in [0.4, 0.5) is 0 Å². The molecule has 3 rings (SSSR count). The Morgan fingerprint density at radius 2 is 2.21 bits per heavy atom. The van der Waals surface area contributed by atoms with E-state index in [-0.39, 0.29) is 18.2 Å². The third-order valence-electron chi connectivity index (χ3n) is 3.96. The van der Waals surface area contributed by atoms with Gasteiger partial charge in [0.1, 0.15) is 11.4 Å². The summed E-state index contributed by atoms with van der Waals surface area (Å²) in [6.45, 7) is 4.94. The van der Waals surface area contributed by atoms with E-state index in [4.69, 9.17) is 9.26 Å². The number of ether oxygens (including phenoxy) is 1. The van der Waals surface area contributed by atoms with Gasteiger partial charge in [-0.1, -0.05) is 19.0 Å². The second kappa shape index (κ2) is 7.05. The Kier molecular flexibility index (Phi) is 4.85. The largest absolute Gasteiger partial charge is 0.493 e.